The number of carbonyl (C=O) groups is 2. The Hall–Kier alpha value is -2.24. The second-order valence-electron chi connectivity index (χ2n) is 8.01. The van der Waals surface area contributed by atoms with E-state index in [-0.39, 0.29) is 31.0 Å². The topological polar surface area (TPSA) is 58.6 Å². The maximum atomic E-state index is 13.3. The molecular weight excluding hydrogens is 447 g/mol. The van der Waals surface area contributed by atoms with E-state index in [9.17, 15) is 9.59 Å². The summed E-state index contributed by atoms with van der Waals surface area (Å²) in [5.74, 6) is 0.0920. The monoisotopic (exact) mass is 478 g/mol. The van der Waals surface area contributed by atoms with Crippen LogP contribution in [0.1, 0.15) is 50.3 Å². The number of nitrogens with one attached hydrogen (secondary N) is 1. The van der Waals surface area contributed by atoms with Crippen molar-refractivity contribution in [3.8, 4) is 5.75 Å². The van der Waals surface area contributed by atoms with E-state index in [0.717, 1.165) is 23.1 Å². The Kier molecular flexibility index (Phi) is 9.85. The lowest BCUT2D eigenvalue weighted by Gasteiger charge is -2.31. The van der Waals surface area contributed by atoms with Gasteiger partial charge in [-0.15, -0.1) is 0 Å². The number of amides is 2. The van der Waals surface area contributed by atoms with Crippen LogP contribution >= 0.6 is 23.2 Å². The Bertz CT molecular complexity index is 926. The molecule has 0 bridgehead atoms. The Morgan fingerprint density at radius 3 is 2.25 bits per heavy atom. The number of aryl methyl sites for hydroxylation is 2. The summed E-state index contributed by atoms with van der Waals surface area (Å²) in [6.45, 7) is 9.63. The molecule has 0 aliphatic carbocycles. The highest BCUT2D eigenvalue weighted by Gasteiger charge is 2.30. The molecule has 5 nitrogen and oxygen atoms in total. The van der Waals surface area contributed by atoms with Gasteiger partial charge in [0.25, 0.3) is 5.91 Å². The number of nitrogens with zero attached hydrogens (tertiary/aromatic N) is 1. The lowest BCUT2D eigenvalue weighted by atomic mass is 10.1. The van der Waals surface area contributed by atoms with Gasteiger partial charge in [-0.2, -0.15) is 0 Å². The first-order valence-electron chi connectivity index (χ1n) is 10.9. The van der Waals surface area contributed by atoms with Gasteiger partial charge in [0.2, 0.25) is 5.91 Å². The largest absolute Gasteiger partial charge is 0.484 e. The molecule has 0 radical (unpaired) electrons. The Morgan fingerprint density at radius 2 is 1.69 bits per heavy atom. The minimum Gasteiger partial charge on any atom is -0.484 e. The van der Waals surface area contributed by atoms with E-state index in [1.165, 1.54) is 0 Å². The van der Waals surface area contributed by atoms with E-state index < -0.39 is 6.04 Å². The molecule has 2 aromatic carbocycles. The fourth-order valence-corrected chi connectivity index (χ4v) is 3.69. The molecule has 174 valence electrons. The van der Waals surface area contributed by atoms with Crippen molar-refractivity contribution in [3.05, 3.63) is 63.1 Å². The van der Waals surface area contributed by atoms with Crippen LogP contribution in [0.15, 0.2) is 36.4 Å². The number of carbonyl (C=O) groups excluding carboxylic acids is 2. The van der Waals surface area contributed by atoms with Crippen LogP contribution in [0, 0.1) is 13.8 Å². The highest BCUT2D eigenvalue weighted by Crippen LogP contribution is 2.26. The number of hydrogen-bond donors (Lipinski definition) is 1. The summed E-state index contributed by atoms with van der Waals surface area (Å²) < 4.78 is 5.80. The van der Waals surface area contributed by atoms with E-state index in [1.807, 2.05) is 52.8 Å². The van der Waals surface area contributed by atoms with Crippen molar-refractivity contribution >= 4 is 35.0 Å². The second kappa shape index (κ2) is 12.1. The van der Waals surface area contributed by atoms with Crippen LogP contribution in [0.2, 0.25) is 10.0 Å². The molecule has 0 spiro atoms. The zero-order valence-corrected chi connectivity index (χ0v) is 20.9. The van der Waals surface area contributed by atoms with Crippen molar-refractivity contribution in [3.63, 3.8) is 0 Å². The van der Waals surface area contributed by atoms with E-state index in [1.54, 1.807) is 23.1 Å². The quantitative estimate of drug-likeness (QED) is 0.475. The van der Waals surface area contributed by atoms with Gasteiger partial charge in [0.05, 0.1) is 0 Å². The molecule has 1 N–H and O–H groups in total. The molecular formula is C25H32Cl2N2O3. The van der Waals surface area contributed by atoms with Gasteiger partial charge in [0, 0.05) is 22.6 Å². The van der Waals surface area contributed by atoms with Crippen LogP contribution in [-0.2, 0) is 16.1 Å². The zero-order valence-electron chi connectivity index (χ0n) is 19.4. The standard InChI is InChI=1S/C25H32Cl2N2O3/c1-6-18(5)28-25(31)22(7-2)29(14-19-10-8-9-11-21(19)26)23(30)15-32-20-12-16(3)24(27)17(4)13-20/h8-13,18,22H,6-7,14-15H2,1-5H3,(H,28,31)/t18-,22+/m1/s1. The molecule has 7 heteroatoms. The highest BCUT2D eigenvalue weighted by atomic mass is 35.5. The lowest BCUT2D eigenvalue weighted by molar-refractivity contribution is -0.143. The molecule has 0 aliphatic rings. The van der Waals surface area contributed by atoms with E-state index in [2.05, 4.69) is 5.32 Å². The first-order chi connectivity index (χ1) is 15.2. The lowest BCUT2D eigenvalue weighted by Crippen LogP contribution is -2.51. The zero-order chi connectivity index (χ0) is 23.8. The summed E-state index contributed by atoms with van der Waals surface area (Å²) in [4.78, 5) is 27.8. The number of hydrogen-bond acceptors (Lipinski definition) is 3. The van der Waals surface area contributed by atoms with E-state index in [0.29, 0.717) is 22.2 Å². The third-order valence-electron chi connectivity index (χ3n) is 5.46. The summed E-state index contributed by atoms with van der Waals surface area (Å²) in [5, 5.41) is 4.22. The molecule has 0 saturated carbocycles. The molecule has 2 aromatic rings. The minimum atomic E-state index is -0.634. The molecule has 0 aromatic heterocycles. The van der Waals surface area contributed by atoms with E-state index in [4.69, 9.17) is 27.9 Å². The van der Waals surface area contributed by atoms with Gasteiger partial charge in [0.15, 0.2) is 6.61 Å². The molecule has 0 heterocycles. The number of rotatable bonds is 10. The summed E-state index contributed by atoms with van der Waals surface area (Å²) >= 11 is 12.6. The SMILES string of the molecule is CC[C@@H](C)NC(=O)[C@H](CC)N(Cc1ccccc1Cl)C(=O)COc1cc(C)c(Cl)c(C)c1. The average molecular weight is 479 g/mol. The van der Waals surface area contributed by atoms with E-state index >= 15 is 0 Å². The summed E-state index contributed by atoms with van der Waals surface area (Å²) in [6, 6.07) is 10.3. The molecule has 2 atom stereocenters. The molecule has 0 unspecified atom stereocenters. The third-order valence-corrected chi connectivity index (χ3v) is 6.42. The van der Waals surface area contributed by atoms with Gasteiger partial charge in [-0.25, -0.2) is 0 Å². The average Bonchev–Trinajstić information content (AvgIpc) is 2.76. The van der Waals surface area contributed by atoms with Crippen LogP contribution in [0.5, 0.6) is 5.75 Å². The fraction of sp³-hybridized carbons (Fsp3) is 0.440. The molecule has 0 fully saturated rings. The van der Waals surface area contributed by atoms with Gasteiger partial charge in [0.1, 0.15) is 11.8 Å². The molecule has 0 aliphatic heterocycles. The Balaban J connectivity index is 2.26. The van der Waals surface area contributed by atoms with Gasteiger partial charge in [-0.3, -0.25) is 9.59 Å². The maximum absolute atomic E-state index is 13.3. The summed E-state index contributed by atoms with van der Waals surface area (Å²) in [7, 11) is 0. The van der Waals surface area contributed by atoms with Crippen LogP contribution in [0.4, 0.5) is 0 Å². The minimum absolute atomic E-state index is 0.0186. The van der Waals surface area contributed by atoms with Crippen LogP contribution < -0.4 is 10.1 Å². The molecule has 2 amide bonds. The number of halogens is 2. The summed E-state index contributed by atoms with van der Waals surface area (Å²) in [5.41, 5.74) is 2.53. The maximum Gasteiger partial charge on any atom is 0.261 e. The predicted molar refractivity (Wildman–Crippen MR) is 130 cm³/mol. The molecule has 2 rings (SSSR count). The molecule has 32 heavy (non-hydrogen) atoms. The second-order valence-corrected chi connectivity index (χ2v) is 8.80. The normalized spacial score (nSPS) is 12.7. The number of benzene rings is 2. The van der Waals surface area contributed by atoms with Crippen LogP contribution in [0.3, 0.4) is 0 Å². The first kappa shape index (κ1) is 26.0. The van der Waals surface area contributed by atoms with Crippen molar-refractivity contribution in [1.29, 1.82) is 0 Å². The fourth-order valence-electron chi connectivity index (χ4n) is 3.39. The Morgan fingerprint density at radius 1 is 1.06 bits per heavy atom. The van der Waals surface area contributed by atoms with Gasteiger partial charge < -0.3 is 15.0 Å². The summed E-state index contributed by atoms with van der Waals surface area (Å²) in [6.07, 6.45) is 1.27. The smallest absolute Gasteiger partial charge is 0.261 e. The van der Waals surface area contributed by atoms with Crippen molar-refractivity contribution < 1.29 is 14.3 Å². The first-order valence-corrected chi connectivity index (χ1v) is 11.7. The van der Waals surface area contributed by atoms with Crippen LogP contribution in [-0.4, -0.2) is 35.4 Å². The Labute approximate surface area is 201 Å². The van der Waals surface area contributed by atoms with Gasteiger partial charge >= 0.3 is 0 Å². The van der Waals surface area contributed by atoms with Crippen molar-refractivity contribution in [2.45, 2.75) is 66.1 Å². The predicted octanol–water partition coefficient (Wildman–Crippen LogP) is 5.71. The van der Waals surface area contributed by atoms with Crippen molar-refractivity contribution in [1.82, 2.24) is 10.2 Å². The van der Waals surface area contributed by atoms with Gasteiger partial charge in [-0.05, 0) is 68.5 Å². The molecule has 0 saturated heterocycles. The van der Waals surface area contributed by atoms with Crippen LogP contribution in [0.25, 0.3) is 0 Å². The highest BCUT2D eigenvalue weighted by molar-refractivity contribution is 6.32. The van der Waals surface area contributed by atoms with Crippen molar-refractivity contribution in [2.75, 3.05) is 6.61 Å². The third kappa shape index (κ3) is 6.88. The number of ether oxygens (including phenoxy) is 1. The van der Waals surface area contributed by atoms with Gasteiger partial charge in [-0.1, -0.05) is 55.2 Å². The van der Waals surface area contributed by atoms with Crippen molar-refractivity contribution in [2.24, 2.45) is 0 Å².